The van der Waals surface area contributed by atoms with Gasteiger partial charge in [0.05, 0.1) is 20.2 Å². The number of ether oxygens (including phenoxy) is 3. The first-order valence-electron chi connectivity index (χ1n) is 9.08. The minimum Gasteiger partial charge on any atom is -0.493 e. The van der Waals surface area contributed by atoms with Crippen molar-refractivity contribution in [1.29, 1.82) is 0 Å². The van der Waals surface area contributed by atoms with E-state index < -0.39 is 34.7 Å². The molecule has 0 radical (unpaired) electrons. The number of amides is 2. The van der Waals surface area contributed by atoms with Gasteiger partial charge in [0, 0.05) is 5.56 Å². The molecule has 0 saturated carbocycles. The quantitative estimate of drug-likeness (QED) is 0.841. The fourth-order valence-corrected chi connectivity index (χ4v) is 2.97. The van der Waals surface area contributed by atoms with Crippen molar-refractivity contribution >= 4 is 12.2 Å². The van der Waals surface area contributed by atoms with Crippen LogP contribution < -0.4 is 10.1 Å². The van der Waals surface area contributed by atoms with Gasteiger partial charge in [-0.15, -0.1) is 0 Å². The minimum atomic E-state index is -1.05. The van der Waals surface area contributed by atoms with Crippen LogP contribution in [0.5, 0.6) is 5.75 Å². The van der Waals surface area contributed by atoms with Crippen molar-refractivity contribution in [2.24, 2.45) is 0 Å². The highest BCUT2D eigenvalue weighted by molar-refractivity contribution is 5.74. The van der Waals surface area contributed by atoms with E-state index in [-0.39, 0.29) is 18.8 Å². The molecule has 1 aliphatic heterocycles. The Kier molecular flexibility index (Phi) is 5.82. The van der Waals surface area contributed by atoms with Crippen LogP contribution in [0.15, 0.2) is 18.2 Å². The number of carbonyl (C=O) groups is 2. The molecule has 1 aromatic rings. The maximum Gasteiger partial charge on any atom is 0.410 e. The van der Waals surface area contributed by atoms with Gasteiger partial charge in [0.2, 0.25) is 0 Å². The molecular weight excluding hydrogens is 367 g/mol. The second-order valence-corrected chi connectivity index (χ2v) is 8.87. The van der Waals surface area contributed by atoms with E-state index >= 15 is 0 Å². The van der Waals surface area contributed by atoms with Gasteiger partial charge in [0.1, 0.15) is 16.7 Å². The number of methoxy groups -OCH3 is 1. The highest BCUT2D eigenvalue weighted by Crippen LogP contribution is 2.39. The van der Waals surface area contributed by atoms with Gasteiger partial charge in [-0.05, 0) is 47.6 Å². The molecule has 2 rings (SSSR count). The van der Waals surface area contributed by atoms with Crippen LogP contribution in [-0.4, -0.2) is 48.5 Å². The number of nitrogens with one attached hydrogen (secondary N) is 1. The largest absolute Gasteiger partial charge is 0.493 e. The molecule has 7 nitrogen and oxygen atoms in total. The summed E-state index contributed by atoms with van der Waals surface area (Å²) >= 11 is 0. The molecule has 28 heavy (non-hydrogen) atoms. The van der Waals surface area contributed by atoms with Crippen molar-refractivity contribution in [2.45, 2.75) is 58.3 Å². The van der Waals surface area contributed by atoms with Gasteiger partial charge in [0.25, 0.3) is 0 Å². The molecule has 156 valence electrons. The summed E-state index contributed by atoms with van der Waals surface area (Å²) in [5.41, 5.74) is -1.97. The SMILES string of the molecule is COc1c(F)cccc1C1(NC(=O)OC(C)(C)C)CN(C(=O)OC(C)(C)C)C1. The molecule has 1 aromatic carbocycles. The van der Waals surface area contributed by atoms with Crippen molar-refractivity contribution < 1.29 is 28.2 Å². The molecule has 0 aliphatic carbocycles. The van der Waals surface area contributed by atoms with Crippen LogP contribution in [0.3, 0.4) is 0 Å². The van der Waals surface area contributed by atoms with E-state index in [2.05, 4.69) is 5.32 Å². The van der Waals surface area contributed by atoms with Crippen LogP contribution >= 0.6 is 0 Å². The third-order valence-electron chi connectivity index (χ3n) is 4.00. The van der Waals surface area contributed by atoms with Crippen LogP contribution in [0.1, 0.15) is 47.1 Å². The molecule has 1 N–H and O–H groups in total. The number of para-hydroxylation sites is 1. The number of carbonyl (C=O) groups excluding carboxylic acids is 2. The first-order chi connectivity index (χ1) is 12.8. The van der Waals surface area contributed by atoms with Crippen molar-refractivity contribution in [3.63, 3.8) is 0 Å². The Hall–Kier alpha value is -2.51. The summed E-state index contributed by atoms with van der Waals surface area (Å²) < 4.78 is 30.2. The molecule has 0 spiro atoms. The highest BCUT2D eigenvalue weighted by atomic mass is 19.1. The predicted octanol–water partition coefficient (Wildman–Crippen LogP) is 3.81. The lowest BCUT2D eigenvalue weighted by Gasteiger charge is -2.50. The Labute approximate surface area is 165 Å². The normalized spacial score (nSPS) is 16.1. The molecule has 1 heterocycles. The summed E-state index contributed by atoms with van der Waals surface area (Å²) in [6.45, 7) is 10.7. The van der Waals surface area contributed by atoms with Gasteiger partial charge in [0.15, 0.2) is 11.6 Å². The molecule has 1 aliphatic rings. The van der Waals surface area contributed by atoms with E-state index in [0.717, 1.165) is 0 Å². The zero-order valence-corrected chi connectivity index (χ0v) is 17.5. The van der Waals surface area contributed by atoms with Crippen molar-refractivity contribution in [3.05, 3.63) is 29.6 Å². The average molecular weight is 396 g/mol. The first kappa shape index (κ1) is 21.8. The predicted molar refractivity (Wildman–Crippen MR) is 102 cm³/mol. The van der Waals surface area contributed by atoms with Crippen molar-refractivity contribution in [2.75, 3.05) is 20.2 Å². The fourth-order valence-electron chi connectivity index (χ4n) is 2.97. The van der Waals surface area contributed by atoms with Gasteiger partial charge in [-0.1, -0.05) is 12.1 Å². The van der Waals surface area contributed by atoms with Gasteiger partial charge >= 0.3 is 12.2 Å². The molecule has 0 bridgehead atoms. The van der Waals surface area contributed by atoms with E-state index in [4.69, 9.17) is 14.2 Å². The monoisotopic (exact) mass is 396 g/mol. The second-order valence-electron chi connectivity index (χ2n) is 8.87. The third kappa shape index (κ3) is 5.05. The number of benzene rings is 1. The Balaban J connectivity index is 2.31. The molecule has 8 heteroatoms. The number of alkyl carbamates (subject to hydrolysis) is 1. The van der Waals surface area contributed by atoms with E-state index in [9.17, 15) is 14.0 Å². The molecule has 0 atom stereocenters. The van der Waals surface area contributed by atoms with E-state index in [1.165, 1.54) is 24.1 Å². The van der Waals surface area contributed by atoms with Crippen LogP contribution in [-0.2, 0) is 15.0 Å². The van der Waals surface area contributed by atoms with Gasteiger partial charge in [-0.2, -0.15) is 0 Å². The standard InChI is InChI=1S/C20H29FN2O5/c1-18(2,3)27-16(24)22-20(13-9-8-10-14(21)15(13)26-7)11-23(12-20)17(25)28-19(4,5)6/h8-10H,11-12H2,1-7H3,(H,22,24). The Morgan fingerprint density at radius 1 is 1.07 bits per heavy atom. The van der Waals surface area contributed by atoms with Gasteiger partial charge in [-0.3, -0.25) is 0 Å². The van der Waals surface area contributed by atoms with Crippen LogP contribution in [0.2, 0.25) is 0 Å². The molecule has 1 saturated heterocycles. The number of rotatable bonds is 3. The summed E-state index contributed by atoms with van der Waals surface area (Å²) in [6.07, 6.45) is -1.17. The van der Waals surface area contributed by atoms with Gasteiger partial charge < -0.3 is 24.4 Å². The molecule has 1 fully saturated rings. The number of likely N-dealkylation sites (tertiary alicyclic amines) is 1. The number of nitrogens with zero attached hydrogens (tertiary/aromatic N) is 1. The lowest BCUT2D eigenvalue weighted by Crippen LogP contribution is -2.69. The number of hydrogen-bond acceptors (Lipinski definition) is 5. The number of hydrogen-bond donors (Lipinski definition) is 1. The highest BCUT2D eigenvalue weighted by Gasteiger charge is 2.51. The van der Waals surface area contributed by atoms with Crippen LogP contribution in [0, 0.1) is 5.82 Å². The summed E-state index contributed by atoms with van der Waals surface area (Å²) in [7, 11) is 1.35. The molecule has 2 amide bonds. The zero-order valence-electron chi connectivity index (χ0n) is 17.5. The second kappa shape index (κ2) is 7.48. The summed E-state index contributed by atoms with van der Waals surface area (Å²) in [4.78, 5) is 26.2. The Bertz CT molecular complexity index is 746. The minimum absolute atomic E-state index is 0.0161. The van der Waals surface area contributed by atoms with E-state index in [0.29, 0.717) is 5.56 Å². The van der Waals surface area contributed by atoms with E-state index in [1.54, 1.807) is 47.6 Å². The lowest BCUT2D eigenvalue weighted by molar-refractivity contribution is -0.0235. The summed E-state index contributed by atoms with van der Waals surface area (Å²) in [5, 5.41) is 2.80. The zero-order chi connectivity index (χ0) is 21.3. The summed E-state index contributed by atoms with van der Waals surface area (Å²) in [6, 6.07) is 4.46. The smallest absolute Gasteiger partial charge is 0.410 e. The van der Waals surface area contributed by atoms with Gasteiger partial charge in [-0.25, -0.2) is 14.0 Å². The topological polar surface area (TPSA) is 77.1 Å². The fraction of sp³-hybridized carbons (Fsp3) is 0.600. The summed E-state index contributed by atoms with van der Waals surface area (Å²) in [5.74, 6) is -0.538. The third-order valence-corrected chi connectivity index (χ3v) is 4.00. The first-order valence-corrected chi connectivity index (χ1v) is 9.08. The molecular formula is C20H29FN2O5. The lowest BCUT2D eigenvalue weighted by atomic mass is 9.82. The maximum atomic E-state index is 14.3. The molecule has 0 aromatic heterocycles. The maximum absolute atomic E-state index is 14.3. The van der Waals surface area contributed by atoms with E-state index in [1.807, 2.05) is 0 Å². The average Bonchev–Trinajstić information content (AvgIpc) is 2.46. The number of halogens is 1. The Morgan fingerprint density at radius 3 is 2.14 bits per heavy atom. The molecule has 0 unspecified atom stereocenters. The Morgan fingerprint density at radius 2 is 1.64 bits per heavy atom. The van der Waals surface area contributed by atoms with Crippen molar-refractivity contribution in [1.82, 2.24) is 10.2 Å². The van der Waals surface area contributed by atoms with Crippen molar-refractivity contribution in [3.8, 4) is 5.75 Å². The van der Waals surface area contributed by atoms with Crippen LogP contribution in [0.4, 0.5) is 14.0 Å². The van der Waals surface area contributed by atoms with Crippen LogP contribution in [0.25, 0.3) is 0 Å².